The first-order chi connectivity index (χ1) is 14.1. The van der Waals surface area contributed by atoms with E-state index in [2.05, 4.69) is 52.9 Å². The van der Waals surface area contributed by atoms with E-state index in [-0.39, 0.29) is 47.6 Å². The number of sulfonamides is 1. The Morgan fingerprint density at radius 2 is 1.81 bits per heavy atom. The van der Waals surface area contributed by atoms with Gasteiger partial charge in [0.25, 0.3) is 5.69 Å². The van der Waals surface area contributed by atoms with Gasteiger partial charge in [-0.2, -0.15) is 0 Å². The minimum Gasteiger partial charge on any atom is -0.357 e. The highest BCUT2D eigenvalue weighted by molar-refractivity contribution is 14.0. The monoisotopic (exact) mass is 570 g/mol. The van der Waals surface area contributed by atoms with Crippen molar-refractivity contribution in [1.82, 2.24) is 20.3 Å². The van der Waals surface area contributed by atoms with Crippen LogP contribution in [0.3, 0.4) is 0 Å². The molecule has 0 heterocycles. The van der Waals surface area contributed by atoms with Crippen LogP contribution >= 0.6 is 24.0 Å². The molecule has 12 heteroatoms. The van der Waals surface area contributed by atoms with Crippen LogP contribution in [0.5, 0.6) is 0 Å². The van der Waals surface area contributed by atoms with Crippen molar-refractivity contribution >= 4 is 45.6 Å². The standard InChI is InChI=1S/C19H34N6O4S.HI/c1-6-20-19(22-12-13-24(15(2)3)16(4)5)21-10-11-23-30(28,29)18-9-7-8-17(14-18)25(26)27;/h7-9,14-16,23H,6,10-13H2,1-5H3,(H2,20,21,22);1H. The number of hydrogen-bond acceptors (Lipinski definition) is 6. The lowest BCUT2D eigenvalue weighted by atomic mass is 10.2. The van der Waals surface area contributed by atoms with Gasteiger partial charge in [0.05, 0.1) is 16.4 Å². The maximum absolute atomic E-state index is 12.3. The Hall–Kier alpha value is -1.51. The van der Waals surface area contributed by atoms with E-state index in [9.17, 15) is 18.5 Å². The fraction of sp³-hybridized carbons (Fsp3) is 0.632. The maximum atomic E-state index is 12.3. The molecule has 1 rings (SSSR count). The van der Waals surface area contributed by atoms with Gasteiger partial charge < -0.3 is 10.6 Å². The first-order valence-corrected chi connectivity index (χ1v) is 11.6. The van der Waals surface area contributed by atoms with E-state index in [1.807, 2.05) is 6.92 Å². The summed E-state index contributed by atoms with van der Waals surface area (Å²) < 4.78 is 27.1. The van der Waals surface area contributed by atoms with E-state index in [1.165, 1.54) is 18.2 Å². The molecule has 0 radical (unpaired) electrons. The third-order valence-electron chi connectivity index (χ3n) is 4.35. The first-order valence-electron chi connectivity index (χ1n) is 10.1. The summed E-state index contributed by atoms with van der Waals surface area (Å²) in [5, 5.41) is 17.2. The molecule has 178 valence electrons. The van der Waals surface area contributed by atoms with Gasteiger partial charge in [-0.25, -0.2) is 13.1 Å². The van der Waals surface area contributed by atoms with Crippen LogP contribution in [0.25, 0.3) is 0 Å². The normalized spacial score (nSPS) is 12.2. The molecule has 0 aliphatic rings. The molecule has 0 aliphatic heterocycles. The smallest absolute Gasteiger partial charge is 0.270 e. The summed E-state index contributed by atoms with van der Waals surface area (Å²) >= 11 is 0. The summed E-state index contributed by atoms with van der Waals surface area (Å²) in [6.07, 6.45) is 0. The molecule has 0 saturated carbocycles. The van der Waals surface area contributed by atoms with Gasteiger partial charge in [-0.1, -0.05) is 6.07 Å². The van der Waals surface area contributed by atoms with E-state index >= 15 is 0 Å². The van der Waals surface area contributed by atoms with Gasteiger partial charge in [0.15, 0.2) is 5.96 Å². The van der Waals surface area contributed by atoms with Crippen LogP contribution in [0.15, 0.2) is 34.2 Å². The predicted molar refractivity (Wildman–Crippen MR) is 135 cm³/mol. The summed E-state index contributed by atoms with van der Waals surface area (Å²) in [7, 11) is -3.84. The number of aliphatic imine (C=N–C) groups is 1. The SMILES string of the molecule is CCNC(=NCCNS(=O)(=O)c1cccc([N+](=O)[O-])c1)NCCN(C(C)C)C(C)C.I. The highest BCUT2D eigenvalue weighted by Gasteiger charge is 2.17. The van der Waals surface area contributed by atoms with Crippen molar-refractivity contribution in [3.05, 3.63) is 34.4 Å². The zero-order chi connectivity index (χ0) is 22.7. The quantitative estimate of drug-likeness (QED) is 0.0878. The molecule has 0 spiro atoms. The largest absolute Gasteiger partial charge is 0.357 e. The molecule has 3 N–H and O–H groups in total. The highest BCUT2D eigenvalue weighted by Crippen LogP contribution is 2.16. The van der Waals surface area contributed by atoms with Crippen LogP contribution in [-0.2, 0) is 10.0 Å². The van der Waals surface area contributed by atoms with Crippen LogP contribution in [0.1, 0.15) is 34.6 Å². The number of non-ortho nitro benzene ring substituents is 1. The second-order valence-electron chi connectivity index (χ2n) is 7.26. The van der Waals surface area contributed by atoms with Gasteiger partial charge >= 0.3 is 0 Å². The zero-order valence-electron chi connectivity index (χ0n) is 18.8. The molecule has 0 unspecified atom stereocenters. The van der Waals surface area contributed by atoms with Crippen molar-refractivity contribution in [2.75, 3.05) is 32.7 Å². The van der Waals surface area contributed by atoms with Crippen LogP contribution in [0.4, 0.5) is 5.69 Å². The van der Waals surface area contributed by atoms with Gasteiger partial charge in [0.1, 0.15) is 0 Å². The Labute approximate surface area is 202 Å². The molecule has 0 saturated heterocycles. The Morgan fingerprint density at radius 1 is 1.16 bits per heavy atom. The summed E-state index contributed by atoms with van der Waals surface area (Å²) in [5.41, 5.74) is -0.272. The molecule has 0 bridgehead atoms. The second kappa shape index (κ2) is 14.5. The lowest BCUT2D eigenvalue weighted by Crippen LogP contribution is -2.45. The maximum Gasteiger partial charge on any atom is 0.270 e. The van der Waals surface area contributed by atoms with Crippen LogP contribution < -0.4 is 15.4 Å². The predicted octanol–water partition coefficient (Wildman–Crippen LogP) is 2.17. The van der Waals surface area contributed by atoms with Crippen LogP contribution in [0, 0.1) is 10.1 Å². The topological polar surface area (TPSA) is 129 Å². The number of rotatable bonds is 12. The van der Waals surface area contributed by atoms with Crippen molar-refractivity contribution in [3.8, 4) is 0 Å². The van der Waals surface area contributed by atoms with Crippen molar-refractivity contribution in [2.45, 2.75) is 51.6 Å². The molecule has 0 amide bonds. The molecule has 1 aromatic rings. The summed E-state index contributed by atoms with van der Waals surface area (Å²) in [4.78, 5) is 16.8. The van der Waals surface area contributed by atoms with Crippen LogP contribution in [0.2, 0.25) is 0 Å². The zero-order valence-corrected chi connectivity index (χ0v) is 21.9. The fourth-order valence-electron chi connectivity index (χ4n) is 2.95. The minimum atomic E-state index is -3.84. The van der Waals surface area contributed by atoms with Crippen molar-refractivity contribution in [1.29, 1.82) is 0 Å². The molecule has 0 atom stereocenters. The Kier molecular flexibility index (Phi) is 13.8. The highest BCUT2D eigenvalue weighted by atomic mass is 127. The third-order valence-corrected chi connectivity index (χ3v) is 5.80. The fourth-order valence-corrected chi connectivity index (χ4v) is 4.01. The average molecular weight is 570 g/mol. The molecule has 10 nitrogen and oxygen atoms in total. The number of nitro groups is 1. The first kappa shape index (κ1) is 29.5. The van der Waals surface area contributed by atoms with Crippen LogP contribution in [-0.4, -0.2) is 69.0 Å². The molecule has 31 heavy (non-hydrogen) atoms. The molecule has 0 aromatic heterocycles. The van der Waals surface area contributed by atoms with Gasteiger partial charge in [-0.05, 0) is 40.7 Å². The van der Waals surface area contributed by atoms with Gasteiger partial charge in [-0.15, -0.1) is 24.0 Å². The Morgan fingerprint density at radius 3 is 2.35 bits per heavy atom. The van der Waals surface area contributed by atoms with Crippen molar-refractivity contribution in [2.24, 2.45) is 4.99 Å². The van der Waals surface area contributed by atoms with E-state index < -0.39 is 14.9 Å². The third kappa shape index (κ3) is 10.6. The number of benzene rings is 1. The summed E-state index contributed by atoms with van der Waals surface area (Å²) in [6, 6.07) is 5.82. The van der Waals surface area contributed by atoms with E-state index in [1.54, 1.807) is 0 Å². The van der Waals surface area contributed by atoms with Crippen molar-refractivity contribution in [3.63, 3.8) is 0 Å². The number of nitrogens with zero attached hydrogens (tertiary/aromatic N) is 3. The van der Waals surface area contributed by atoms with E-state index in [0.29, 0.717) is 31.1 Å². The number of hydrogen-bond donors (Lipinski definition) is 3. The van der Waals surface area contributed by atoms with E-state index in [0.717, 1.165) is 12.6 Å². The molecule has 1 aromatic carbocycles. The van der Waals surface area contributed by atoms with Gasteiger partial charge in [0.2, 0.25) is 10.0 Å². The average Bonchev–Trinajstić information content (AvgIpc) is 2.67. The number of halogens is 1. The number of guanidine groups is 1. The summed E-state index contributed by atoms with van der Waals surface area (Å²) in [6.45, 7) is 13.1. The van der Waals surface area contributed by atoms with Crippen molar-refractivity contribution < 1.29 is 13.3 Å². The number of nitrogens with one attached hydrogen (secondary N) is 3. The molecule has 0 aliphatic carbocycles. The second-order valence-corrected chi connectivity index (χ2v) is 9.03. The number of nitro benzene ring substituents is 1. The molecule has 0 fully saturated rings. The minimum absolute atomic E-state index is 0. The lowest BCUT2D eigenvalue weighted by Gasteiger charge is -2.30. The van der Waals surface area contributed by atoms with E-state index in [4.69, 9.17) is 0 Å². The molecular formula is C19H35IN6O4S. The summed E-state index contributed by atoms with van der Waals surface area (Å²) in [5.74, 6) is 0.611. The Bertz CT molecular complexity index is 809. The molecular weight excluding hydrogens is 535 g/mol. The Balaban J connectivity index is 0.00000900. The van der Waals surface area contributed by atoms with Gasteiger partial charge in [0, 0.05) is 50.4 Å². The van der Waals surface area contributed by atoms with Gasteiger partial charge in [-0.3, -0.25) is 20.0 Å². The lowest BCUT2D eigenvalue weighted by molar-refractivity contribution is -0.385.